The largest absolute Gasteiger partial charge is 0.324 e. The minimum absolute atomic E-state index is 0.0214. The van der Waals surface area contributed by atoms with E-state index in [1.807, 2.05) is 6.92 Å². The monoisotopic (exact) mass is 466 g/mol. The summed E-state index contributed by atoms with van der Waals surface area (Å²) in [5, 5.41) is 2.73. The van der Waals surface area contributed by atoms with Crippen molar-refractivity contribution in [1.29, 1.82) is 0 Å². The van der Waals surface area contributed by atoms with Crippen LogP contribution in [0.25, 0.3) is 0 Å². The van der Waals surface area contributed by atoms with Crippen LogP contribution < -0.4 is 5.32 Å². The smallest absolute Gasteiger partial charge is 0.228 e. The molecule has 9 heteroatoms. The zero-order valence-corrected chi connectivity index (χ0v) is 19.8. The van der Waals surface area contributed by atoms with Gasteiger partial charge in [-0.1, -0.05) is 19.1 Å². The van der Waals surface area contributed by atoms with E-state index < -0.39 is 15.3 Å². The zero-order valence-electron chi connectivity index (χ0n) is 19.0. The van der Waals surface area contributed by atoms with Crippen molar-refractivity contribution < 1.29 is 18.0 Å². The van der Waals surface area contributed by atoms with E-state index in [2.05, 4.69) is 20.3 Å². The van der Waals surface area contributed by atoms with Gasteiger partial charge >= 0.3 is 0 Å². The highest BCUT2D eigenvalue weighted by molar-refractivity contribution is 7.91. The lowest BCUT2D eigenvalue weighted by Crippen LogP contribution is -2.32. The summed E-state index contributed by atoms with van der Waals surface area (Å²) >= 11 is 0. The Labute approximate surface area is 193 Å². The lowest BCUT2D eigenvalue weighted by Gasteiger charge is -2.21. The fourth-order valence-electron chi connectivity index (χ4n) is 3.11. The average Bonchev–Trinajstić information content (AvgIpc) is 2.79. The van der Waals surface area contributed by atoms with Crippen molar-refractivity contribution in [3.63, 3.8) is 0 Å². The summed E-state index contributed by atoms with van der Waals surface area (Å²) in [6, 6.07) is 9.42. The van der Waals surface area contributed by atoms with Gasteiger partial charge in [-0.05, 0) is 56.2 Å². The van der Waals surface area contributed by atoms with Gasteiger partial charge in [0.25, 0.3) is 0 Å². The molecule has 2 heterocycles. The molecular weight excluding hydrogens is 440 g/mol. The summed E-state index contributed by atoms with van der Waals surface area (Å²) in [7, 11) is -3.28. The average molecular weight is 467 g/mol. The Hall–Kier alpha value is -3.46. The van der Waals surface area contributed by atoms with Crippen LogP contribution in [-0.2, 0) is 26.5 Å². The lowest BCUT2D eigenvalue weighted by molar-refractivity contribution is -0.115. The second kappa shape index (κ2) is 9.58. The second-order valence-corrected chi connectivity index (χ2v) is 10.5. The Balaban J connectivity index is 1.65. The van der Waals surface area contributed by atoms with Crippen LogP contribution in [0.5, 0.6) is 0 Å². The van der Waals surface area contributed by atoms with E-state index in [4.69, 9.17) is 0 Å². The normalized spacial score (nSPS) is 11.8. The third-order valence-corrected chi connectivity index (χ3v) is 6.97. The molecule has 1 amide bonds. The molecular formula is C24H26N4O4S. The maximum absolute atomic E-state index is 13.0. The molecule has 0 saturated carbocycles. The molecule has 0 atom stereocenters. The van der Waals surface area contributed by atoms with Crippen LogP contribution in [0.15, 0.2) is 59.9 Å². The predicted octanol–water partition coefficient (Wildman–Crippen LogP) is 3.32. The Morgan fingerprint density at radius 2 is 1.58 bits per heavy atom. The number of nitrogens with zero attached hydrogens (tertiary/aromatic N) is 3. The van der Waals surface area contributed by atoms with Gasteiger partial charge in [0.1, 0.15) is 11.5 Å². The summed E-state index contributed by atoms with van der Waals surface area (Å²) < 4.78 is 23.8. The van der Waals surface area contributed by atoms with Gasteiger partial charge in [0, 0.05) is 12.4 Å². The molecule has 3 aromatic rings. The van der Waals surface area contributed by atoms with E-state index in [0.717, 1.165) is 5.56 Å². The number of ketones is 1. The molecule has 1 aromatic carbocycles. The van der Waals surface area contributed by atoms with Crippen molar-refractivity contribution in [2.24, 2.45) is 0 Å². The number of Topliss-reactive ketones (excluding diaryl/α,β-unsaturated/α-hetero) is 1. The van der Waals surface area contributed by atoms with Crippen LogP contribution >= 0.6 is 0 Å². The number of anilines is 1. The van der Waals surface area contributed by atoms with Crippen LogP contribution in [0.1, 0.15) is 48.2 Å². The lowest BCUT2D eigenvalue weighted by atomic mass is 9.85. The molecule has 0 radical (unpaired) electrons. The molecule has 3 rings (SSSR count). The molecule has 1 N–H and O–H groups in total. The topological polar surface area (TPSA) is 119 Å². The molecule has 172 valence electrons. The first-order chi connectivity index (χ1) is 15.5. The predicted molar refractivity (Wildman–Crippen MR) is 125 cm³/mol. The van der Waals surface area contributed by atoms with Gasteiger partial charge in [0.05, 0.1) is 34.4 Å². The molecule has 33 heavy (non-hydrogen) atoms. The van der Waals surface area contributed by atoms with Crippen molar-refractivity contribution in [2.75, 3.05) is 11.1 Å². The summed E-state index contributed by atoms with van der Waals surface area (Å²) in [5.41, 5.74) is 1.33. The summed E-state index contributed by atoms with van der Waals surface area (Å²) in [6.45, 7) is 6.95. The number of aromatic nitrogens is 3. The number of benzene rings is 1. The van der Waals surface area contributed by atoms with Gasteiger partial charge in [0.2, 0.25) is 5.91 Å². The molecule has 0 bridgehead atoms. The third kappa shape index (κ3) is 5.67. The van der Waals surface area contributed by atoms with Gasteiger partial charge in [-0.15, -0.1) is 0 Å². The molecule has 8 nitrogen and oxygen atoms in total. The minimum atomic E-state index is -3.28. The Kier molecular flexibility index (Phi) is 7.02. The maximum atomic E-state index is 13.0. The van der Waals surface area contributed by atoms with E-state index >= 15 is 0 Å². The summed E-state index contributed by atoms with van der Waals surface area (Å²) in [5.74, 6) is -0.0788. The van der Waals surface area contributed by atoms with Gasteiger partial charge in [-0.3, -0.25) is 14.6 Å². The van der Waals surface area contributed by atoms with E-state index in [0.29, 0.717) is 17.1 Å². The second-order valence-electron chi connectivity index (χ2n) is 8.24. The quantitative estimate of drug-likeness (QED) is 0.506. The zero-order chi connectivity index (χ0) is 24.2. The van der Waals surface area contributed by atoms with E-state index in [1.165, 1.54) is 18.3 Å². The number of rotatable bonds is 8. The Bertz CT molecular complexity index is 1250. The third-order valence-electron chi connectivity index (χ3n) is 5.21. The SMILES string of the molecule is CCS(=O)(=O)c1ccc(CC(=O)Nc2ccc(C(=O)C(C)(C)c3ncc(C)cn3)nc2)cc1. The van der Waals surface area contributed by atoms with Gasteiger partial charge in [-0.2, -0.15) is 0 Å². The molecule has 0 aliphatic heterocycles. The summed E-state index contributed by atoms with van der Waals surface area (Å²) in [6.07, 6.45) is 4.83. The fourth-order valence-corrected chi connectivity index (χ4v) is 4.00. The van der Waals surface area contributed by atoms with E-state index in [-0.39, 0.29) is 34.5 Å². The fraction of sp³-hybridized carbons (Fsp3) is 0.292. The van der Waals surface area contributed by atoms with Gasteiger partial charge < -0.3 is 5.32 Å². The number of amides is 1. The molecule has 0 saturated heterocycles. The number of carbonyl (C=O) groups excluding carboxylic acids is 2. The molecule has 0 spiro atoms. The molecule has 0 unspecified atom stereocenters. The molecule has 2 aromatic heterocycles. The van der Waals surface area contributed by atoms with Crippen molar-refractivity contribution >= 4 is 27.2 Å². The standard InChI is InChI=1S/C24H26N4O4S/c1-5-33(31,32)19-9-6-17(7-10-19)12-21(29)28-18-8-11-20(25-15-18)22(30)24(3,4)23-26-13-16(2)14-27-23/h6-11,13-15H,5,12H2,1-4H3,(H,28,29). The molecule has 0 fully saturated rings. The van der Waals surface area contributed by atoms with Crippen molar-refractivity contribution in [2.45, 2.75) is 44.4 Å². The van der Waals surface area contributed by atoms with Gasteiger partial charge in [-0.25, -0.2) is 18.4 Å². The first-order valence-electron chi connectivity index (χ1n) is 10.4. The Morgan fingerprint density at radius 1 is 0.939 bits per heavy atom. The van der Waals surface area contributed by atoms with Crippen LogP contribution in [0.4, 0.5) is 5.69 Å². The van der Waals surface area contributed by atoms with Crippen LogP contribution in [-0.4, -0.2) is 40.8 Å². The first-order valence-corrected chi connectivity index (χ1v) is 12.1. The van der Waals surface area contributed by atoms with Crippen molar-refractivity contribution in [3.8, 4) is 0 Å². The highest BCUT2D eigenvalue weighted by atomic mass is 32.2. The number of pyridine rings is 1. The number of aryl methyl sites for hydroxylation is 1. The van der Waals surface area contributed by atoms with Crippen molar-refractivity contribution in [3.05, 3.63) is 77.6 Å². The van der Waals surface area contributed by atoms with E-state index in [1.54, 1.807) is 57.4 Å². The molecule has 0 aliphatic carbocycles. The first kappa shape index (κ1) is 24.2. The minimum Gasteiger partial charge on any atom is -0.324 e. The van der Waals surface area contributed by atoms with Gasteiger partial charge in [0.15, 0.2) is 15.6 Å². The highest BCUT2D eigenvalue weighted by Crippen LogP contribution is 2.24. The number of hydrogen-bond acceptors (Lipinski definition) is 7. The van der Waals surface area contributed by atoms with Crippen molar-refractivity contribution in [1.82, 2.24) is 15.0 Å². The maximum Gasteiger partial charge on any atom is 0.228 e. The van der Waals surface area contributed by atoms with Crippen LogP contribution in [0.3, 0.4) is 0 Å². The van der Waals surface area contributed by atoms with Crippen LogP contribution in [0, 0.1) is 6.92 Å². The van der Waals surface area contributed by atoms with E-state index in [9.17, 15) is 18.0 Å². The highest BCUT2D eigenvalue weighted by Gasteiger charge is 2.34. The number of sulfone groups is 1. The number of nitrogens with one attached hydrogen (secondary N) is 1. The van der Waals surface area contributed by atoms with Crippen LogP contribution in [0.2, 0.25) is 0 Å². The number of carbonyl (C=O) groups is 2. The Morgan fingerprint density at radius 3 is 2.12 bits per heavy atom. The number of hydrogen-bond donors (Lipinski definition) is 1. The molecule has 0 aliphatic rings. The summed E-state index contributed by atoms with van der Waals surface area (Å²) in [4.78, 5) is 38.3.